The van der Waals surface area contributed by atoms with Crippen LogP contribution in [-0.4, -0.2) is 59.0 Å². The van der Waals surface area contributed by atoms with E-state index in [-0.39, 0.29) is 6.79 Å². The zero-order valence-corrected chi connectivity index (χ0v) is 14.7. The van der Waals surface area contributed by atoms with Crippen LogP contribution >= 0.6 is 0 Å². The quantitative estimate of drug-likeness (QED) is 0.611. The van der Waals surface area contributed by atoms with E-state index in [0.29, 0.717) is 18.8 Å². The van der Waals surface area contributed by atoms with Gasteiger partial charge in [-0.3, -0.25) is 14.5 Å². The van der Waals surface area contributed by atoms with E-state index in [9.17, 15) is 9.59 Å². The lowest BCUT2D eigenvalue weighted by molar-refractivity contribution is -0.128. The van der Waals surface area contributed by atoms with Crippen LogP contribution in [0, 0.1) is 0 Å². The molecule has 7 nitrogen and oxygen atoms in total. The van der Waals surface area contributed by atoms with Crippen molar-refractivity contribution in [2.45, 2.75) is 6.54 Å². The molecule has 0 atom stereocenters. The average Bonchev–Trinajstić information content (AvgIpc) is 3.29. The molecule has 1 aromatic heterocycles. The first-order valence-corrected chi connectivity index (χ1v) is 8.67. The minimum Gasteiger partial charge on any atom is -0.454 e. The molecular formula is C19H21N3O4. The van der Waals surface area contributed by atoms with Gasteiger partial charge in [0.15, 0.2) is 11.5 Å². The summed E-state index contributed by atoms with van der Waals surface area (Å²) in [7, 11) is 1.77. The van der Waals surface area contributed by atoms with Crippen LogP contribution in [0.4, 0.5) is 0 Å². The summed E-state index contributed by atoms with van der Waals surface area (Å²) in [5.74, 6) is 0.698. The molecule has 4 rings (SSSR count). The number of benzene rings is 1. The van der Waals surface area contributed by atoms with Crippen molar-refractivity contribution in [3.8, 4) is 11.5 Å². The largest absolute Gasteiger partial charge is 0.454 e. The van der Waals surface area contributed by atoms with Gasteiger partial charge >= 0.3 is 0 Å². The van der Waals surface area contributed by atoms with Crippen LogP contribution in [0.15, 0.2) is 36.5 Å². The van der Waals surface area contributed by atoms with Gasteiger partial charge in [-0.2, -0.15) is 0 Å². The molecular weight excluding hydrogens is 334 g/mol. The number of carbonyl (C=O) groups is 2. The number of piperazine rings is 1. The van der Waals surface area contributed by atoms with E-state index in [4.69, 9.17) is 9.47 Å². The number of ether oxygens (including phenoxy) is 2. The molecule has 26 heavy (non-hydrogen) atoms. The molecule has 1 aromatic carbocycles. The Kier molecular flexibility index (Phi) is 4.38. The predicted molar refractivity (Wildman–Crippen MR) is 94.2 cm³/mol. The molecule has 0 aliphatic carbocycles. The zero-order chi connectivity index (χ0) is 18.1. The standard InChI is InChI=1S/C19H21N3O4/c1-20-6-2-3-15(20)18(23)19(24)22-9-7-21(8-10-22)12-14-4-5-16-17(11-14)26-13-25-16/h2-6,11H,7-10,12-13H2,1H3. The third-order valence-electron chi connectivity index (χ3n) is 4.87. The molecule has 0 saturated carbocycles. The van der Waals surface area contributed by atoms with E-state index in [0.717, 1.165) is 36.7 Å². The summed E-state index contributed by atoms with van der Waals surface area (Å²) in [6.07, 6.45) is 1.77. The Balaban J connectivity index is 1.33. The highest BCUT2D eigenvalue weighted by Crippen LogP contribution is 2.32. The zero-order valence-electron chi connectivity index (χ0n) is 14.7. The molecule has 0 spiro atoms. The molecule has 136 valence electrons. The average molecular weight is 355 g/mol. The van der Waals surface area contributed by atoms with Gasteiger partial charge in [-0.25, -0.2) is 0 Å². The van der Waals surface area contributed by atoms with Crippen molar-refractivity contribution in [3.05, 3.63) is 47.8 Å². The van der Waals surface area contributed by atoms with Gasteiger partial charge in [0, 0.05) is 46.0 Å². The fourth-order valence-electron chi connectivity index (χ4n) is 3.36. The number of hydrogen-bond acceptors (Lipinski definition) is 5. The Labute approximate surface area is 151 Å². The smallest absolute Gasteiger partial charge is 0.296 e. The van der Waals surface area contributed by atoms with Crippen molar-refractivity contribution in [1.82, 2.24) is 14.4 Å². The van der Waals surface area contributed by atoms with Crippen molar-refractivity contribution >= 4 is 11.7 Å². The molecule has 0 unspecified atom stereocenters. The SMILES string of the molecule is Cn1cccc1C(=O)C(=O)N1CCN(Cc2ccc3c(c2)OCO3)CC1. The number of ketones is 1. The van der Waals surface area contributed by atoms with E-state index >= 15 is 0 Å². The molecule has 0 bridgehead atoms. The van der Waals surface area contributed by atoms with Crippen LogP contribution in [-0.2, 0) is 18.4 Å². The van der Waals surface area contributed by atoms with E-state index in [1.54, 1.807) is 34.8 Å². The van der Waals surface area contributed by atoms with Gasteiger partial charge < -0.3 is 18.9 Å². The maximum Gasteiger partial charge on any atom is 0.296 e. The number of nitrogens with zero attached hydrogens (tertiary/aromatic N) is 3. The van der Waals surface area contributed by atoms with E-state index in [1.165, 1.54) is 0 Å². The van der Waals surface area contributed by atoms with Gasteiger partial charge in [-0.1, -0.05) is 6.07 Å². The second kappa shape index (κ2) is 6.84. The summed E-state index contributed by atoms with van der Waals surface area (Å²) < 4.78 is 12.4. The summed E-state index contributed by atoms with van der Waals surface area (Å²) in [6.45, 7) is 3.64. The van der Waals surface area contributed by atoms with Crippen molar-refractivity contribution in [2.75, 3.05) is 33.0 Å². The predicted octanol–water partition coefficient (Wildman–Crippen LogP) is 1.28. The van der Waals surface area contributed by atoms with Crippen molar-refractivity contribution in [3.63, 3.8) is 0 Å². The fourth-order valence-corrected chi connectivity index (χ4v) is 3.36. The van der Waals surface area contributed by atoms with Gasteiger partial charge in [0.05, 0.1) is 5.69 Å². The van der Waals surface area contributed by atoms with Gasteiger partial charge in [-0.05, 0) is 29.8 Å². The Bertz CT molecular complexity index is 837. The summed E-state index contributed by atoms with van der Waals surface area (Å²) in [6, 6.07) is 9.40. The molecule has 2 aromatic rings. The molecule has 2 aliphatic rings. The van der Waals surface area contributed by atoms with Gasteiger partial charge in [-0.15, -0.1) is 0 Å². The van der Waals surface area contributed by atoms with Crippen molar-refractivity contribution in [1.29, 1.82) is 0 Å². The number of hydrogen-bond donors (Lipinski definition) is 0. The highest BCUT2D eigenvalue weighted by molar-refractivity contribution is 6.42. The molecule has 7 heteroatoms. The maximum atomic E-state index is 12.5. The first kappa shape index (κ1) is 16.7. The molecule has 1 saturated heterocycles. The summed E-state index contributed by atoms with van der Waals surface area (Å²) in [5.41, 5.74) is 1.58. The number of fused-ring (bicyclic) bond motifs is 1. The summed E-state index contributed by atoms with van der Waals surface area (Å²) in [5, 5.41) is 0. The Morgan fingerprint density at radius 2 is 1.81 bits per heavy atom. The lowest BCUT2D eigenvalue weighted by Crippen LogP contribution is -2.50. The second-order valence-corrected chi connectivity index (χ2v) is 6.59. The molecule has 0 N–H and O–H groups in total. The first-order valence-electron chi connectivity index (χ1n) is 8.67. The number of aromatic nitrogens is 1. The topological polar surface area (TPSA) is 64.0 Å². The summed E-state index contributed by atoms with van der Waals surface area (Å²) in [4.78, 5) is 28.7. The highest BCUT2D eigenvalue weighted by atomic mass is 16.7. The lowest BCUT2D eigenvalue weighted by atomic mass is 10.1. The van der Waals surface area contributed by atoms with E-state index < -0.39 is 11.7 Å². The fraction of sp³-hybridized carbons (Fsp3) is 0.368. The minimum absolute atomic E-state index is 0.273. The van der Waals surface area contributed by atoms with Crippen LogP contribution in [0.1, 0.15) is 16.1 Å². The molecule has 0 radical (unpaired) electrons. The van der Waals surface area contributed by atoms with Gasteiger partial charge in [0.25, 0.3) is 11.7 Å². The second-order valence-electron chi connectivity index (χ2n) is 6.59. The number of amides is 1. The normalized spacial score (nSPS) is 16.7. The molecule has 1 amide bonds. The van der Waals surface area contributed by atoms with Crippen LogP contribution in [0.2, 0.25) is 0 Å². The Morgan fingerprint density at radius 1 is 1.04 bits per heavy atom. The molecule has 2 aliphatic heterocycles. The first-order chi connectivity index (χ1) is 12.6. The summed E-state index contributed by atoms with van der Waals surface area (Å²) >= 11 is 0. The third kappa shape index (κ3) is 3.17. The lowest BCUT2D eigenvalue weighted by Gasteiger charge is -2.34. The number of carbonyl (C=O) groups excluding carboxylic acids is 2. The van der Waals surface area contributed by atoms with Crippen molar-refractivity contribution < 1.29 is 19.1 Å². The number of aryl methyl sites for hydroxylation is 1. The van der Waals surface area contributed by atoms with Crippen LogP contribution < -0.4 is 9.47 Å². The third-order valence-corrected chi connectivity index (χ3v) is 4.87. The Hall–Kier alpha value is -2.80. The maximum absolute atomic E-state index is 12.5. The highest BCUT2D eigenvalue weighted by Gasteiger charge is 2.28. The van der Waals surface area contributed by atoms with E-state index in [2.05, 4.69) is 4.90 Å². The number of rotatable bonds is 4. The van der Waals surface area contributed by atoms with Crippen LogP contribution in [0.3, 0.4) is 0 Å². The van der Waals surface area contributed by atoms with Gasteiger partial charge in [0.1, 0.15) is 0 Å². The van der Waals surface area contributed by atoms with Crippen LogP contribution in [0.25, 0.3) is 0 Å². The van der Waals surface area contributed by atoms with Crippen molar-refractivity contribution in [2.24, 2.45) is 7.05 Å². The molecule has 1 fully saturated rings. The molecule has 3 heterocycles. The monoisotopic (exact) mass is 355 g/mol. The van der Waals surface area contributed by atoms with E-state index in [1.807, 2.05) is 18.2 Å². The van der Waals surface area contributed by atoms with Crippen LogP contribution in [0.5, 0.6) is 11.5 Å². The minimum atomic E-state index is -0.443. The number of Topliss-reactive ketones (excluding diaryl/α,β-unsaturated/α-hetero) is 1. The van der Waals surface area contributed by atoms with Gasteiger partial charge in [0.2, 0.25) is 6.79 Å². The Morgan fingerprint density at radius 3 is 2.54 bits per heavy atom.